The Morgan fingerprint density at radius 3 is 2.50 bits per heavy atom. The normalized spacial score (nSPS) is 19.1. The second-order valence-electron chi connectivity index (χ2n) is 8.65. The van der Waals surface area contributed by atoms with Gasteiger partial charge in [0.15, 0.2) is 0 Å². The largest absolute Gasteiger partial charge is 0.466 e. The fourth-order valence-corrected chi connectivity index (χ4v) is 3.75. The summed E-state index contributed by atoms with van der Waals surface area (Å²) in [5.74, 6) is -1.14. The van der Waals surface area contributed by atoms with Crippen molar-refractivity contribution in [2.75, 3.05) is 13.2 Å². The Labute approximate surface area is 189 Å². The first-order valence-electron chi connectivity index (χ1n) is 10.9. The molecule has 2 amide bonds. The Morgan fingerprint density at radius 1 is 1.22 bits per heavy atom. The smallest absolute Gasteiger partial charge is 0.410 e. The highest BCUT2D eigenvalue weighted by atomic mass is 16.6. The van der Waals surface area contributed by atoms with Gasteiger partial charge in [-0.2, -0.15) is 0 Å². The maximum absolute atomic E-state index is 13.0. The number of amides is 2. The molecule has 1 aliphatic rings. The molecule has 0 spiro atoms. The molecule has 32 heavy (non-hydrogen) atoms. The van der Waals surface area contributed by atoms with E-state index in [1.165, 1.54) is 4.90 Å². The van der Waals surface area contributed by atoms with Gasteiger partial charge in [0.05, 0.1) is 24.6 Å². The Hall–Kier alpha value is -3.03. The summed E-state index contributed by atoms with van der Waals surface area (Å²) in [6, 6.07) is 8.19. The first-order chi connectivity index (χ1) is 15.2. The molecular weight excluding hydrogens is 412 g/mol. The molecule has 8 heteroatoms. The van der Waals surface area contributed by atoms with Crippen molar-refractivity contribution in [1.82, 2.24) is 10.2 Å². The number of ether oxygens (including phenoxy) is 3. The van der Waals surface area contributed by atoms with Crippen LogP contribution >= 0.6 is 0 Å². The van der Waals surface area contributed by atoms with E-state index in [1.807, 2.05) is 30.3 Å². The van der Waals surface area contributed by atoms with E-state index >= 15 is 0 Å². The molecule has 2 rings (SSSR count). The summed E-state index contributed by atoms with van der Waals surface area (Å²) >= 11 is 0. The number of rotatable bonds is 8. The number of carbonyl (C=O) groups excluding carboxylic acids is 3. The maximum atomic E-state index is 13.0. The van der Waals surface area contributed by atoms with Crippen molar-refractivity contribution < 1.29 is 28.6 Å². The van der Waals surface area contributed by atoms with Crippen LogP contribution in [0.15, 0.2) is 43.0 Å². The standard InChI is InChI=1S/C24H34N2O6/c1-6-11-18(21(27)30-7-2)20-19(25-22(28)32-24(3,4)5)14-15-26(20)23(29)31-16-17-12-9-8-10-13-17/h6,8-10,12-13,18-20H,1,7,11,14-16H2,2-5H3,(H,25,28)/t18-,19+,20-/m1/s1. The highest BCUT2D eigenvalue weighted by Gasteiger charge is 2.46. The van der Waals surface area contributed by atoms with E-state index in [9.17, 15) is 14.4 Å². The van der Waals surface area contributed by atoms with Crippen molar-refractivity contribution in [2.45, 2.75) is 64.8 Å². The molecule has 0 aromatic heterocycles. The summed E-state index contributed by atoms with van der Waals surface area (Å²) in [6.45, 7) is 11.4. The van der Waals surface area contributed by atoms with Gasteiger partial charge < -0.3 is 24.4 Å². The topological polar surface area (TPSA) is 94.2 Å². The lowest BCUT2D eigenvalue weighted by Gasteiger charge is -2.33. The Bertz CT molecular complexity index is 789. The summed E-state index contributed by atoms with van der Waals surface area (Å²) in [6.07, 6.45) is 1.20. The Kier molecular flexibility index (Phi) is 9.11. The van der Waals surface area contributed by atoms with E-state index in [4.69, 9.17) is 14.2 Å². The molecule has 1 aromatic rings. The molecule has 1 aromatic carbocycles. The van der Waals surface area contributed by atoms with Crippen LogP contribution in [0.5, 0.6) is 0 Å². The number of benzene rings is 1. The molecule has 1 saturated heterocycles. The third-order valence-electron chi connectivity index (χ3n) is 5.02. The number of hydrogen-bond acceptors (Lipinski definition) is 6. The monoisotopic (exact) mass is 446 g/mol. The summed E-state index contributed by atoms with van der Waals surface area (Å²) < 4.78 is 16.1. The average Bonchev–Trinajstić information content (AvgIpc) is 3.12. The van der Waals surface area contributed by atoms with Crippen LogP contribution in [-0.4, -0.2) is 53.9 Å². The van der Waals surface area contributed by atoms with Crippen LogP contribution in [0.25, 0.3) is 0 Å². The third-order valence-corrected chi connectivity index (χ3v) is 5.02. The minimum absolute atomic E-state index is 0.110. The zero-order valence-corrected chi connectivity index (χ0v) is 19.3. The van der Waals surface area contributed by atoms with Crippen molar-refractivity contribution in [1.29, 1.82) is 0 Å². The van der Waals surface area contributed by atoms with Gasteiger partial charge in [0, 0.05) is 6.54 Å². The zero-order chi connectivity index (χ0) is 23.7. The van der Waals surface area contributed by atoms with Crippen LogP contribution in [0.2, 0.25) is 0 Å². The van der Waals surface area contributed by atoms with Crippen LogP contribution in [0, 0.1) is 5.92 Å². The highest BCUT2D eigenvalue weighted by molar-refractivity contribution is 5.77. The van der Waals surface area contributed by atoms with Gasteiger partial charge in [-0.15, -0.1) is 6.58 Å². The number of likely N-dealkylation sites (tertiary alicyclic amines) is 1. The molecule has 1 aliphatic heterocycles. The van der Waals surface area contributed by atoms with Crippen molar-refractivity contribution in [3.05, 3.63) is 48.6 Å². The number of alkyl carbamates (subject to hydrolysis) is 1. The molecule has 1 N–H and O–H groups in total. The minimum Gasteiger partial charge on any atom is -0.466 e. The lowest BCUT2D eigenvalue weighted by atomic mass is 9.91. The molecule has 8 nitrogen and oxygen atoms in total. The van der Waals surface area contributed by atoms with Crippen molar-refractivity contribution >= 4 is 18.2 Å². The van der Waals surface area contributed by atoms with E-state index in [0.29, 0.717) is 19.4 Å². The van der Waals surface area contributed by atoms with Crippen LogP contribution in [0.1, 0.15) is 46.1 Å². The molecule has 0 unspecified atom stereocenters. The summed E-state index contributed by atoms with van der Waals surface area (Å²) in [4.78, 5) is 39.6. The van der Waals surface area contributed by atoms with E-state index in [-0.39, 0.29) is 13.2 Å². The highest BCUT2D eigenvalue weighted by Crippen LogP contribution is 2.29. The fraction of sp³-hybridized carbons (Fsp3) is 0.542. The Balaban J connectivity index is 2.22. The van der Waals surface area contributed by atoms with E-state index in [2.05, 4.69) is 11.9 Å². The van der Waals surface area contributed by atoms with E-state index in [1.54, 1.807) is 33.8 Å². The van der Waals surface area contributed by atoms with Gasteiger partial charge in [0.2, 0.25) is 0 Å². The second kappa shape index (κ2) is 11.5. The molecule has 0 radical (unpaired) electrons. The van der Waals surface area contributed by atoms with Gasteiger partial charge in [0.1, 0.15) is 12.2 Å². The lowest BCUT2D eigenvalue weighted by Crippen LogP contribution is -2.53. The summed E-state index contributed by atoms with van der Waals surface area (Å²) in [5, 5.41) is 2.83. The number of nitrogens with zero attached hydrogens (tertiary/aromatic N) is 1. The molecule has 0 aliphatic carbocycles. The maximum Gasteiger partial charge on any atom is 0.410 e. The van der Waals surface area contributed by atoms with Crippen molar-refractivity contribution in [3.63, 3.8) is 0 Å². The number of esters is 1. The van der Waals surface area contributed by atoms with Gasteiger partial charge in [-0.25, -0.2) is 9.59 Å². The number of allylic oxidation sites excluding steroid dienone is 1. The third kappa shape index (κ3) is 7.28. The van der Waals surface area contributed by atoms with Gasteiger partial charge in [-0.3, -0.25) is 4.79 Å². The molecule has 3 atom stereocenters. The van der Waals surface area contributed by atoms with Gasteiger partial charge in [-0.05, 0) is 46.1 Å². The first-order valence-corrected chi connectivity index (χ1v) is 10.9. The molecule has 176 valence electrons. The first kappa shape index (κ1) is 25.2. The number of hydrogen-bond donors (Lipinski definition) is 1. The van der Waals surface area contributed by atoms with Gasteiger partial charge in [-0.1, -0.05) is 36.4 Å². The molecule has 1 heterocycles. The molecule has 0 bridgehead atoms. The Morgan fingerprint density at radius 2 is 1.91 bits per heavy atom. The quantitative estimate of drug-likeness (QED) is 0.368. The lowest BCUT2D eigenvalue weighted by molar-refractivity contribution is -0.150. The molecule has 0 saturated carbocycles. The van der Waals surface area contributed by atoms with Crippen molar-refractivity contribution in [3.8, 4) is 0 Å². The van der Waals surface area contributed by atoms with Crippen molar-refractivity contribution in [2.24, 2.45) is 5.92 Å². The summed E-state index contributed by atoms with van der Waals surface area (Å²) in [7, 11) is 0. The predicted molar refractivity (Wildman–Crippen MR) is 120 cm³/mol. The minimum atomic E-state index is -0.695. The number of nitrogens with one attached hydrogen (secondary N) is 1. The predicted octanol–water partition coefficient (Wildman–Crippen LogP) is 4.05. The van der Waals surface area contributed by atoms with E-state index in [0.717, 1.165) is 5.56 Å². The molecule has 1 fully saturated rings. The van der Waals surface area contributed by atoms with Gasteiger partial charge >= 0.3 is 18.2 Å². The van der Waals surface area contributed by atoms with Crippen LogP contribution in [0.4, 0.5) is 9.59 Å². The van der Waals surface area contributed by atoms with Crippen LogP contribution in [-0.2, 0) is 25.6 Å². The van der Waals surface area contributed by atoms with Crippen LogP contribution in [0.3, 0.4) is 0 Å². The van der Waals surface area contributed by atoms with E-state index < -0.39 is 41.8 Å². The second-order valence-corrected chi connectivity index (χ2v) is 8.65. The zero-order valence-electron chi connectivity index (χ0n) is 19.3. The fourth-order valence-electron chi connectivity index (χ4n) is 3.75. The number of carbonyl (C=O) groups is 3. The van der Waals surface area contributed by atoms with Crippen LogP contribution < -0.4 is 5.32 Å². The molecular formula is C24H34N2O6. The summed E-state index contributed by atoms with van der Waals surface area (Å²) in [5.41, 5.74) is 0.182. The van der Waals surface area contributed by atoms with Gasteiger partial charge in [0.25, 0.3) is 0 Å². The SMILES string of the molecule is C=CC[C@@H](C(=O)OCC)[C@@H]1[C@@H](NC(=O)OC(C)(C)C)CCN1C(=O)OCc1ccccc1. The average molecular weight is 447 g/mol.